The van der Waals surface area contributed by atoms with Crippen LogP contribution in [0.1, 0.15) is 12.0 Å². The maximum absolute atomic E-state index is 13.7. The van der Waals surface area contributed by atoms with Gasteiger partial charge in [0, 0.05) is 6.07 Å². The van der Waals surface area contributed by atoms with Gasteiger partial charge in [-0.2, -0.15) is 8.78 Å². The molecule has 5 nitrogen and oxygen atoms in total. The third-order valence-corrected chi connectivity index (χ3v) is 4.94. The number of alkyl halides is 3. The Balaban J connectivity index is 3.52. The minimum atomic E-state index is -5.12. The van der Waals surface area contributed by atoms with E-state index in [0.717, 1.165) is 13.2 Å². The Morgan fingerprint density at radius 1 is 1.18 bits per heavy atom. The first kappa shape index (κ1) is 18.6. The molecule has 0 aliphatic heterocycles. The third kappa shape index (κ3) is 3.46. The highest BCUT2D eigenvalue weighted by molar-refractivity contribution is 7.92. The first-order valence-corrected chi connectivity index (χ1v) is 7.86. The fraction of sp³-hybridized carbons (Fsp3) is 0.538. The van der Waals surface area contributed by atoms with Crippen molar-refractivity contribution in [2.75, 3.05) is 27.4 Å². The number of methoxy groups -OCH3 is 2. The molecule has 0 bridgehead atoms. The second-order valence-corrected chi connectivity index (χ2v) is 6.48. The Morgan fingerprint density at radius 2 is 1.77 bits per heavy atom. The number of benzene rings is 1. The number of nitrogens with two attached hydrogens (primary N) is 1. The highest BCUT2D eigenvalue weighted by Crippen LogP contribution is 2.40. The number of hydrogen-bond donors (Lipinski definition) is 1. The van der Waals surface area contributed by atoms with Crippen molar-refractivity contribution in [1.82, 2.24) is 0 Å². The highest BCUT2D eigenvalue weighted by atomic mass is 32.2. The lowest BCUT2D eigenvalue weighted by atomic mass is 10.1. The number of ether oxygens (including phenoxy) is 2. The van der Waals surface area contributed by atoms with Crippen LogP contribution in [0.3, 0.4) is 0 Å². The van der Waals surface area contributed by atoms with Gasteiger partial charge in [-0.1, -0.05) is 0 Å². The summed E-state index contributed by atoms with van der Waals surface area (Å²) in [5, 5.41) is -4.24. The fourth-order valence-corrected chi connectivity index (χ4v) is 3.24. The summed E-state index contributed by atoms with van der Waals surface area (Å²) in [5.74, 6) is -0.163. The zero-order chi connectivity index (χ0) is 17.0. The Bertz CT molecular complexity index is 620. The molecule has 0 aliphatic carbocycles. The van der Waals surface area contributed by atoms with Crippen molar-refractivity contribution >= 4 is 9.84 Å². The van der Waals surface area contributed by atoms with Crippen LogP contribution in [0.5, 0.6) is 11.5 Å². The summed E-state index contributed by atoms with van der Waals surface area (Å²) in [7, 11) is -2.69. The lowest BCUT2D eigenvalue weighted by molar-refractivity contribution is 0.0737. The lowest BCUT2D eigenvalue weighted by Gasteiger charge is -2.19. The maximum Gasteiger partial charge on any atom is 0.352 e. The highest BCUT2D eigenvalue weighted by Gasteiger charge is 2.47. The zero-order valence-corrected chi connectivity index (χ0v) is 13.1. The average Bonchev–Trinajstić information content (AvgIpc) is 2.46. The Morgan fingerprint density at radius 3 is 2.23 bits per heavy atom. The molecule has 0 aromatic heterocycles. The minimum absolute atomic E-state index is 0.0980. The van der Waals surface area contributed by atoms with Gasteiger partial charge < -0.3 is 15.2 Å². The van der Waals surface area contributed by atoms with Crippen LogP contribution in [0, 0.1) is 0 Å². The molecular weight excluding hydrogens is 323 g/mol. The molecule has 1 rings (SSSR count). The molecule has 0 amide bonds. The van der Waals surface area contributed by atoms with E-state index in [1.807, 2.05) is 0 Å². The van der Waals surface area contributed by atoms with Gasteiger partial charge >= 0.3 is 5.25 Å². The van der Waals surface area contributed by atoms with E-state index < -0.39 is 33.1 Å². The van der Waals surface area contributed by atoms with E-state index in [9.17, 15) is 21.6 Å². The van der Waals surface area contributed by atoms with Crippen LogP contribution in [0.15, 0.2) is 17.0 Å². The van der Waals surface area contributed by atoms with Gasteiger partial charge in [-0.3, -0.25) is 4.39 Å². The minimum Gasteiger partial charge on any atom is -0.496 e. The molecule has 0 heterocycles. The van der Waals surface area contributed by atoms with Crippen molar-refractivity contribution in [2.24, 2.45) is 5.73 Å². The van der Waals surface area contributed by atoms with Crippen molar-refractivity contribution in [3.8, 4) is 11.5 Å². The summed E-state index contributed by atoms with van der Waals surface area (Å²) in [6, 6.07) is 2.23. The van der Waals surface area contributed by atoms with E-state index in [4.69, 9.17) is 15.2 Å². The van der Waals surface area contributed by atoms with E-state index >= 15 is 0 Å². The molecule has 126 valence electrons. The van der Waals surface area contributed by atoms with Crippen molar-refractivity contribution in [2.45, 2.75) is 23.0 Å². The van der Waals surface area contributed by atoms with Crippen LogP contribution in [0.25, 0.3) is 0 Å². The van der Waals surface area contributed by atoms with Gasteiger partial charge in [0.05, 0.1) is 27.3 Å². The molecule has 1 aromatic carbocycles. The summed E-state index contributed by atoms with van der Waals surface area (Å²) >= 11 is 0. The summed E-state index contributed by atoms with van der Waals surface area (Å²) in [6.07, 6.45) is -1.08. The number of hydrogen-bond acceptors (Lipinski definition) is 5. The standard InChI is InChI=1S/C13H18F3NO4S/c1-20-10-8-12(11(21-2)7-9(10)3-6-17)22(18,19)13(15,16)4-5-14/h7-8H,3-6,17H2,1-2H3. The largest absolute Gasteiger partial charge is 0.496 e. The monoisotopic (exact) mass is 341 g/mol. The quantitative estimate of drug-likeness (QED) is 0.782. The summed E-state index contributed by atoms with van der Waals surface area (Å²) in [5.41, 5.74) is 5.95. The Kier molecular flexibility index (Phi) is 6.07. The van der Waals surface area contributed by atoms with Crippen LogP contribution in [0.2, 0.25) is 0 Å². The SMILES string of the molecule is COc1cc(S(=O)(=O)C(F)(F)CCF)c(OC)cc1CCN. The van der Waals surface area contributed by atoms with Crippen LogP contribution >= 0.6 is 0 Å². The van der Waals surface area contributed by atoms with Gasteiger partial charge in [0.1, 0.15) is 16.4 Å². The predicted octanol–water partition coefficient (Wildman–Crippen LogP) is 1.93. The average molecular weight is 341 g/mol. The van der Waals surface area contributed by atoms with Gasteiger partial charge in [0.2, 0.25) is 9.84 Å². The number of rotatable bonds is 8. The number of sulfone groups is 1. The van der Waals surface area contributed by atoms with Gasteiger partial charge in [-0.25, -0.2) is 8.42 Å². The molecule has 0 atom stereocenters. The summed E-state index contributed by atoms with van der Waals surface area (Å²) < 4.78 is 73.8. The van der Waals surface area contributed by atoms with Gasteiger partial charge in [0.15, 0.2) is 0 Å². The van der Waals surface area contributed by atoms with Crippen LogP contribution < -0.4 is 15.2 Å². The third-order valence-electron chi connectivity index (χ3n) is 3.05. The van der Waals surface area contributed by atoms with Crippen molar-refractivity contribution in [3.05, 3.63) is 17.7 Å². The Hall–Kier alpha value is -1.48. The summed E-state index contributed by atoms with van der Waals surface area (Å²) in [6.45, 7) is -1.21. The second-order valence-electron chi connectivity index (χ2n) is 4.43. The molecule has 1 aromatic rings. The first-order chi connectivity index (χ1) is 10.2. The van der Waals surface area contributed by atoms with E-state index in [2.05, 4.69) is 0 Å². The van der Waals surface area contributed by atoms with Crippen LogP contribution in [0.4, 0.5) is 13.2 Å². The van der Waals surface area contributed by atoms with E-state index in [1.54, 1.807) is 0 Å². The normalized spacial score (nSPS) is 12.3. The molecule has 2 N–H and O–H groups in total. The Labute approximate surface area is 127 Å². The van der Waals surface area contributed by atoms with Crippen LogP contribution in [-0.2, 0) is 16.3 Å². The summed E-state index contributed by atoms with van der Waals surface area (Å²) in [4.78, 5) is -0.744. The van der Waals surface area contributed by atoms with Crippen molar-refractivity contribution < 1.29 is 31.1 Å². The topological polar surface area (TPSA) is 78.6 Å². The molecule has 9 heteroatoms. The molecule has 0 saturated heterocycles. The predicted molar refractivity (Wildman–Crippen MR) is 75.0 cm³/mol. The van der Waals surface area contributed by atoms with E-state index in [0.29, 0.717) is 12.0 Å². The van der Waals surface area contributed by atoms with Crippen molar-refractivity contribution in [3.63, 3.8) is 0 Å². The molecule has 0 aliphatic rings. The van der Waals surface area contributed by atoms with Crippen molar-refractivity contribution in [1.29, 1.82) is 0 Å². The molecular formula is C13H18F3NO4S. The zero-order valence-electron chi connectivity index (χ0n) is 12.2. The number of halogens is 3. The molecule has 22 heavy (non-hydrogen) atoms. The van der Waals surface area contributed by atoms with Gasteiger partial charge in [-0.15, -0.1) is 0 Å². The molecule has 0 spiro atoms. The molecule has 0 radical (unpaired) electrons. The first-order valence-electron chi connectivity index (χ1n) is 6.38. The van der Waals surface area contributed by atoms with E-state index in [1.165, 1.54) is 13.2 Å². The maximum atomic E-state index is 13.7. The molecule has 0 fully saturated rings. The fourth-order valence-electron chi connectivity index (χ4n) is 1.90. The molecule has 0 unspecified atom stereocenters. The second kappa shape index (κ2) is 7.19. The van der Waals surface area contributed by atoms with E-state index in [-0.39, 0.29) is 18.0 Å². The lowest BCUT2D eigenvalue weighted by Crippen LogP contribution is -2.30. The molecule has 0 saturated carbocycles. The van der Waals surface area contributed by atoms with Gasteiger partial charge in [0.25, 0.3) is 0 Å². The van der Waals surface area contributed by atoms with Gasteiger partial charge in [-0.05, 0) is 24.6 Å². The van der Waals surface area contributed by atoms with Crippen LogP contribution in [-0.4, -0.2) is 41.1 Å². The smallest absolute Gasteiger partial charge is 0.352 e.